The van der Waals surface area contributed by atoms with Gasteiger partial charge in [-0.05, 0) is 45.7 Å². The number of H-pyrrole nitrogens is 1. The lowest BCUT2D eigenvalue weighted by Crippen LogP contribution is -2.21. The van der Waals surface area contributed by atoms with Gasteiger partial charge in [0, 0.05) is 10.0 Å². The minimum atomic E-state index is 0.779. The Hall–Kier alpha value is -1.17. The van der Waals surface area contributed by atoms with E-state index in [-0.39, 0.29) is 0 Å². The van der Waals surface area contributed by atoms with E-state index in [1.165, 1.54) is 0 Å². The van der Waals surface area contributed by atoms with Crippen molar-refractivity contribution < 1.29 is 0 Å². The van der Waals surface area contributed by atoms with Crippen LogP contribution in [0.3, 0.4) is 0 Å². The molecule has 0 spiro atoms. The summed E-state index contributed by atoms with van der Waals surface area (Å²) in [4.78, 5) is 9.96. The van der Waals surface area contributed by atoms with Gasteiger partial charge in [-0.1, -0.05) is 28.1 Å². The first-order valence-electron chi connectivity index (χ1n) is 6.80. The number of hydrogen-bond donors (Lipinski definition) is 2. The standard InChI is InChI=1S/C15H21BrN4/c1-20(2)8-4-7-17-11-15-18-10-14(19-15)12-5-3-6-13(16)9-12/h3,5-6,9-10,17H,4,7-8,11H2,1-2H3,(H,18,19). The van der Waals surface area contributed by atoms with Gasteiger partial charge in [-0.2, -0.15) is 0 Å². The van der Waals surface area contributed by atoms with Gasteiger partial charge in [0.15, 0.2) is 0 Å². The molecule has 0 radical (unpaired) electrons. The van der Waals surface area contributed by atoms with Crippen molar-refractivity contribution in [2.45, 2.75) is 13.0 Å². The second-order valence-electron chi connectivity index (χ2n) is 5.09. The Bertz CT molecular complexity index is 536. The van der Waals surface area contributed by atoms with Gasteiger partial charge in [-0.15, -0.1) is 0 Å². The zero-order valence-corrected chi connectivity index (χ0v) is 13.6. The predicted molar refractivity (Wildman–Crippen MR) is 86.6 cm³/mol. The molecule has 0 atom stereocenters. The van der Waals surface area contributed by atoms with Crippen LogP contribution in [0, 0.1) is 0 Å². The summed E-state index contributed by atoms with van der Waals surface area (Å²) in [7, 11) is 4.19. The van der Waals surface area contributed by atoms with Crippen LogP contribution in [0.1, 0.15) is 12.2 Å². The monoisotopic (exact) mass is 336 g/mol. The molecule has 5 heteroatoms. The molecule has 4 nitrogen and oxygen atoms in total. The van der Waals surface area contributed by atoms with Gasteiger partial charge in [0.25, 0.3) is 0 Å². The molecular formula is C15H21BrN4. The van der Waals surface area contributed by atoms with Crippen molar-refractivity contribution in [2.24, 2.45) is 0 Å². The Morgan fingerprint density at radius 2 is 2.20 bits per heavy atom. The summed E-state index contributed by atoms with van der Waals surface area (Å²) in [5.74, 6) is 0.977. The van der Waals surface area contributed by atoms with E-state index in [0.29, 0.717) is 0 Å². The fourth-order valence-corrected chi connectivity index (χ4v) is 2.38. The van der Waals surface area contributed by atoms with Crippen LogP contribution in [0.4, 0.5) is 0 Å². The number of aromatic amines is 1. The average molecular weight is 337 g/mol. The van der Waals surface area contributed by atoms with Gasteiger partial charge in [-0.3, -0.25) is 0 Å². The van der Waals surface area contributed by atoms with Gasteiger partial charge in [0.1, 0.15) is 5.82 Å². The fraction of sp³-hybridized carbons (Fsp3) is 0.400. The van der Waals surface area contributed by atoms with Crippen molar-refractivity contribution in [1.82, 2.24) is 20.2 Å². The number of benzene rings is 1. The maximum Gasteiger partial charge on any atom is 0.120 e. The predicted octanol–water partition coefficient (Wildman–Crippen LogP) is 2.88. The minimum absolute atomic E-state index is 0.779. The molecule has 108 valence electrons. The normalized spacial score (nSPS) is 11.2. The topological polar surface area (TPSA) is 44.0 Å². The molecule has 2 rings (SSSR count). The molecule has 0 saturated heterocycles. The van der Waals surface area contributed by atoms with Crippen LogP contribution in [0.25, 0.3) is 11.3 Å². The number of nitrogens with one attached hydrogen (secondary N) is 2. The van der Waals surface area contributed by atoms with E-state index in [1.807, 2.05) is 18.3 Å². The lowest BCUT2D eigenvalue weighted by molar-refractivity contribution is 0.394. The largest absolute Gasteiger partial charge is 0.341 e. The number of nitrogens with zero attached hydrogens (tertiary/aromatic N) is 2. The second-order valence-corrected chi connectivity index (χ2v) is 6.00. The third-order valence-electron chi connectivity index (χ3n) is 3.02. The quantitative estimate of drug-likeness (QED) is 0.764. The number of rotatable bonds is 7. The van der Waals surface area contributed by atoms with Crippen LogP contribution in [0.2, 0.25) is 0 Å². The third kappa shape index (κ3) is 4.74. The molecule has 0 bridgehead atoms. The number of hydrogen-bond acceptors (Lipinski definition) is 3. The minimum Gasteiger partial charge on any atom is -0.341 e. The summed E-state index contributed by atoms with van der Waals surface area (Å²) in [6.07, 6.45) is 3.03. The lowest BCUT2D eigenvalue weighted by atomic mass is 10.2. The second kappa shape index (κ2) is 7.57. The highest BCUT2D eigenvalue weighted by atomic mass is 79.9. The summed E-state index contributed by atoms with van der Waals surface area (Å²) < 4.78 is 1.08. The van der Waals surface area contributed by atoms with Crippen LogP contribution < -0.4 is 5.32 Å². The van der Waals surface area contributed by atoms with Gasteiger partial charge >= 0.3 is 0 Å². The van der Waals surface area contributed by atoms with Crippen LogP contribution in [-0.4, -0.2) is 42.1 Å². The van der Waals surface area contributed by atoms with Crippen molar-refractivity contribution in [3.8, 4) is 11.3 Å². The smallest absolute Gasteiger partial charge is 0.120 e. The maximum atomic E-state index is 4.41. The molecule has 0 fully saturated rings. The molecule has 2 N–H and O–H groups in total. The van der Waals surface area contributed by atoms with Gasteiger partial charge < -0.3 is 15.2 Å². The van der Waals surface area contributed by atoms with Gasteiger partial charge in [0.05, 0.1) is 18.4 Å². The van der Waals surface area contributed by atoms with E-state index >= 15 is 0 Å². The van der Waals surface area contributed by atoms with E-state index in [9.17, 15) is 0 Å². The van der Waals surface area contributed by atoms with E-state index in [2.05, 4.69) is 62.3 Å². The van der Waals surface area contributed by atoms with Crippen LogP contribution >= 0.6 is 15.9 Å². The molecule has 1 heterocycles. The molecule has 20 heavy (non-hydrogen) atoms. The highest BCUT2D eigenvalue weighted by Crippen LogP contribution is 2.21. The molecule has 1 aromatic carbocycles. The summed E-state index contributed by atoms with van der Waals surface area (Å²) in [5.41, 5.74) is 2.20. The Morgan fingerprint density at radius 3 is 2.95 bits per heavy atom. The molecule has 2 aromatic rings. The Balaban J connectivity index is 1.83. The molecule has 0 aliphatic rings. The van der Waals surface area contributed by atoms with Crippen molar-refractivity contribution in [3.05, 3.63) is 40.8 Å². The first kappa shape index (κ1) is 15.2. The average Bonchev–Trinajstić information content (AvgIpc) is 2.87. The number of aromatic nitrogens is 2. The van der Waals surface area contributed by atoms with Crippen LogP contribution in [-0.2, 0) is 6.54 Å². The lowest BCUT2D eigenvalue weighted by Gasteiger charge is -2.09. The van der Waals surface area contributed by atoms with Crippen LogP contribution in [0.15, 0.2) is 34.9 Å². The van der Waals surface area contributed by atoms with E-state index < -0.39 is 0 Å². The number of halogens is 1. The van der Waals surface area contributed by atoms with Crippen LogP contribution in [0.5, 0.6) is 0 Å². The van der Waals surface area contributed by atoms with E-state index in [4.69, 9.17) is 0 Å². The fourth-order valence-electron chi connectivity index (χ4n) is 1.98. The van der Waals surface area contributed by atoms with E-state index in [1.54, 1.807) is 0 Å². The third-order valence-corrected chi connectivity index (χ3v) is 3.51. The number of imidazole rings is 1. The highest BCUT2D eigenvalue weighted by Gasteiger charge is 2.03. The van der Waals surface area contributed by atoms with Crippen molar-refractivity contribution in [1.29, 1.82) is 0 Å². The van der Waals surface area contributed by atoms with Crippen molar-refractivity contribution >= 4 is 15.9 Å². The highest BCUT2D eigenvalue weighted by molar-refractivity contribution is 9.10. The van der Waals surface area contributed by atoms with Crippen molar-refractivity contribution in [2.75, 3.05) is 27.2 Å². The zero-order chi connectivity index (χ0) is 14.4. The molecular weight excluding hydrogens is 316 g/mol. The first-order chi connectivity index (χ1) is 9.65. The summed E-state index contributed by atoms with van der Waals surface area (Å²) in [5, 5.41) is 3.40. The summed E-state index contributed by atoms with van der Waals surface area (Å²) in [6.45, 7) is 2.89. The Morgan fingerprint density at radius 1 is 1.35 bits per heavy atom. The molecule has 0 amide bonds. The molecule has 0 aliphatic heterocycles. The molecule has 0 saturated carbocycles. The molecule has 1 aromatic heterocycles. The molecule has 0 aliphatic carbocycles. The zero-order valence-electron chi connectivity index (χ0n) is 12.0. The van der Waals surface area contributed by atoms with E-state index in [0.717, 1.165) is 47.6 Å². The Labute approximate surface area is 128 Å². The van der Waals surface area contributed by atoms with Gasteiger partial charge in [0.2, 0.25) is 0 Å². The Kier molecular flexibility index (Phi) is 5.76. The summed E-state index contributed by atoms with van der Waals surface area (Å²) >= 11 is 3.49. The SMILES string of the molecule is CN(C)CCCNCc1ncc(-c2cccc(Br)c2)[nH]1. The summed E-state index contributed by atoms with van der Waals surface area (Å²) in [6, 6.07) is 8.21. The van der Waals surface area contributed by atoms with Crippen molar-refractivity contribution in [3.63, 3.8) is 0 Å². The first-order valence-corrected chi connectivity index (χ1v) is 7.60. The molecule has 0 unspecified atom stereocenters. The van der Waals surface area contributed by atoms with Gasteiger partial charge in [-0.25, -0.2) is 4.98 Å². The maximum absolute atomic E-state index is 4.41.